The van der Waals surface area contributed by atoms with E-state index >= 15 is 0 Å². The van der Waals surface area contributed by atoms with Gasteiger partial charge in [0.1, 0.15) is 11.6 Å². The fourth-order valence-corrected chi connectivity index (χ4v) is 3.35. The number of amides is 3. The highest BCUT2D eigenvalue weighted by Crippen LogP contribution is 2.24. The van der Waals surface area contributed by atoms with Crippen molar-refractivity contribution in [3.05, 3.63) is 11.6 Å². The molecule has 29 heavy (non-hydrogen) atoms. The summed E-state index contributed by atoms with van der Waals surface area (Å²) < 4.78 is 5.47. The van der Waals surface area contributed by atoms with Crippen molar-refractivity contribution in [2.75, 3.05) is 20.1 Å². The van der Waals surface area contributed by atoms with Crippen molar-refractivity contribution in [1.29, 1.82) is 0 Å². The van der Waals surface area contributed by atoms with E-state index in [2.05, 4.69) is 5.32 Å². The number of likely N-dealkylation sites (N-methyl/N-ethyl adjacent to an activating group) is 1. The lowest BCUT2D eigenvalue weighted by Crippen LogP contribution is -2.45. The summed E-state index contributed by atoms with van der Waals surface area (Å²) in [5, 5.41) is 2.36. The molecule has 3 amide bonds. The Labute approximate surface area is 173 Å². The molecule has 8 nitrogen and oxygen atoms in total. The zero-order chi connectivity index (χ0) is 22.4. The maximum absolute atomic E-state index is 13.0. The Morgan fingerprint density at radius 2 is 1.90 bits per heavy atom. The summed E-state index contributed by atoms with van der Waals surface area (Å²) in [6.07, 6.45) is 3.56. The number of carbonyl (C=O) groups is 4. The van der Waals surface area contributed by atoms with E-state index in [4.69, 9.17) is 4.74 Å². The molecule has 0 unspecified atom stereocenters. The summed E-state index contributed by atoms with van der Waals surface area (Å²) >= 11 is 0. The molecule has 0 aromatic rings. The number of nitrogens with zero attached hydrogens (tertiary/aromatic N) is 2. The third kappa shape index (κ3) is 7.18. The van der Waals surface area contributed by atoms with Gasteiger partial charge in [-0.2, -0.15) is 0 Å². The minimum atomic E-state index is -0.610. The van der Waals surface area contributed by atoms with Crippen molar-refractivity contribution in [1.82, 2.24) is 15.1 Å². The van der Waals surface area contributed by atoms with Crippen LogP contribution in [-0.4, -0.2) is 71.8 Å². The highest BCUT2D eigenvalue weighted by molar-refractivity contribution is 5.96. The predicted molar refractivity (Wildman–Crippen MR) is 110 cm³/mol. The van der Waals surface area contributed by atoms with E-state index in [1.807, 2.05) is 13.8 Å². The van der Waals surface area contributed by atoms with Crippen molar-refractivity contribution in [2.24, 2.45) is 5.92 Å². The van der Waals surface area contributed by atoms with Crippen LogP contribution in [0.3, 0.4) is 0 Å². The van der Waals surface area contributed by atoms with Crippen LogP contribution in [0.1, 0.15) is 54.4 Å². The van der Waals surface area contributed by atoms with Crippen molar-refractivity contribution >= 4 is 24.2 Å². The lowest BCUT2D eigenvalue weighted by molar-refractivity contribution is -0.162. The average Bonchev–Trinajstić information content (AvgIpc) is 3.10. The first-order valence-electron chi connectivity index (χ1n) is 10.0. The van der Waals surface area contributed by atoms with E-state index < -0.39 is 11.6 Å². The van der Waals surface area contributed by atoms with Crippen LogP contribution in [0, 0.1) is 5.92 Å². The smallest absolute Gasteiger partial charge is 0.329 e. The maximum Gasteiger partial charge on any atom is 0.329 e. The molecule has 8 heteroatoms. The Bertz CT molecular complexity index is 651. The van der Waals surface area contributed by atoms with Crippen molar-refractivity contribution < 1.29 is 23.9 Å². The van der Waals surface area contributed by atoms with Crippen molar-refractivity contribution in [3.63, 3.8) is 0 Å². The topological polar surface area (TPSA) is 96.0 Å². The van der Waals surface area contributed by atoms with Crippen LogP contribution >= 0.6 is 0 Å². The first-order valence-corrected chi connectivity index (χ1v) is 10.0. The second kappa shape index (κ2) is 10.4. The molecule has 164 valence electrons. The number of rotatable bonds is 8. The zero-order valence-electron chi connectivity index (χ0n) is 18.7. The van der Waals surface area contributed by atoms with E-state index in [9.17, 15) is 19.2 Å². The van der Waals surface area contributed by atoms with Gasteiger partial charge < -0.3 is 19.9 Å². The number of esters is 1. The summed E-state index contributed by atoms with van der Waals surface area (Å²) in [6.45, 7) is 11.4. The molecule has 1 rings (SSSR count). The van der Waals surface area contributed by atoms with Crippen LogP contribution in [0.25, 0.3) is 0 Å². The molecule has 1 aliphatic rings. The van der Waals surface area contributed by atoms with Gasteiger partial charge in [-0.3, -0.25) is 14.4 Å². The maximum atomic E-state index is 13.0. The molecule has 0 saturated carbocycles. The second-order valence-corrected chi connectivity index (χ2v) is 8.78. The van der Waals surface area contributed by atoms with E-state index in [0.717, 1.165) is 6.42 Å². The van der Waals surface area contributed by atoms with Gasteiger partial charge in [0, 0.05) is 19.2 Å². The Hall–Kier alpha value is -2.38. The molecule has 0 aliphatic carbocycles. The number of likely N-dealkylation sites (tertiary alicyclic amines) is 1. The average molecular weight is 410 g/mol. The molecule has 0 aromatic carbocycles. The highest BCUT2D eigenvalue weighted by atomic mass is 16.6. The monoisotopic (exact) mass is 409 g/mol. The van der Waals surface area contributed by atoms with Crippen LogP contribution in [-0.2, 0) is 23.9 Å². The minimum Gasteiger partial charge on any atom is -0.458 e. The number of nitrogens with one attached hydrogen (secondary N) is 1. The van der Waals surface area contributed by atoms with Crippen LogP contribution < -0.4 is 5.32 Å². The lowest BCUT2D eigenvalue weighted by atomic mass is 9.99. The van der Waals surface area contributed by atoms with Crippen LogP contribution in [0.15, 0.2) is 11.6 Å². The predicted octanol–water partition coefficient (Wildman–Crippen LogP) is 1.49. The molecule has 1 fully saturated rings. The molecule has 0 spiro atoms. The summed E-state index contributed by atoms with van der Waals surface area (Å²) in [4.78, 5) is 51.3. The van der Waals surface area contributed by atoms with Gasteiger partial charge >= 0.3 is 5.97 Å². The normalized spacial score (nSPS) is 18.4. The molecule has 0 bridgehead atoms. The minimum absolute atomic E-state index is 0.0585. The van der Waals surface area contributed by atoms with Gasteiger partial charge in [-0.05, 0) is 46.5 Å². The molecule has 1 saturated heterocycles. The standard InChI is InChI=1S/C21H35N3O5/c1-14(2)17(23(7)18(26)12-22-13-25)11-15(3)19(27)24-10-8-9-16(24)20(28)29-21(4,5)6/h11,13-14,16-17H,8-10,12H2,1-7H3,(H,22,25)/t16-,17+/m0/s1. The largest absolute Gasteiger partial charge is 0.458 e. The van der Waals surface area contributed by atoms with Gasteiger partial charge in [0.25, 0.3) is 0 Å². The van der Waals surface area contributed by atoms with Gasteiger partial charge in [-0.1, -0.05) is 19.9 Å². The Morgan fingerprint density at radius 1 is 1.28 bits per heavy atom. The van der Waals surface area contributed by atoms with Crippen LogP contribution in [0.4, 0.5) is 0 Å². The number of hydrogen-bond donors (Lipinski definition) is 1. The molecule has 0 radical (unpaired) electrons. The third-order valence-electron chi connectivity index (χ3n) is 4.81. The Balaban J connectivity index is 2.97. The molecular formula is C21H35N3O5. The summed E-state index contributed by atoms with van der Waals surface area (Å²) in [7, 11) is 1.65. The molecule has 1 heterocycles. The fourth-order valence-electron chi connectivity index (χ4n) is 3.35. The second-order valence-electron chi connectivity index (χ2n) is 8.78. The van der Waals surface area contributed by atoms with Crippen molar-refractivity contribution in [2.45, 2.75) is 72.1 Å². The Morgan fingerprint density at radius 3 is 2.41 bits per heavy atom. The van der Waals surface area contributed by atoms with Gasteiger partial charge in [0.2, 0.25) is 18.2 Å². The first kappa shape index (κ1) is 24.7. The van der Waals surface area contributed by atoms with Gasteiger partial charge in [0.15, 0.2) is 0 Å². The van der Waals surface area contributed by atoms with Crippen molar-refractivity contribution in [3.8, 4) is 0 Å². The van der Waals surface area contributed by atoms with Gasteiger partial charge in [0.05, 0.1) is 12.6 Å². The molecule has 0 aromatic heterocycles. The van der Waals surface area contributed by atoms with E-state index in [1.54, 1.807) is 45.7 Å². The SMILES string of the molecule is CC(=C[C@H](C(C)C)N(C)C(=O)CNC=O)C(=O)N1CCC[C@H]1C(=O)OC(C)(C)C. The first-order chi connectivity index (χ1) is 13.4. The zero-order valence-corrected chi connectivity index (χ0v) is 18.7. The summed E-state index contributed by atoms with van der Waals surface area (Å²) in [5.74, 6) is -0.803. The quantitative estimate of drug-likeness (QED) is 0.372. The highest BCUT2D eigenvalue weighted by Gasteiger charge is 2.37. The lowest BCUT2D eigenvalue weighted by Gasteiger charge is -2.31. The van der Waals surface area contributed by atoms with E-state index in [-0.39, 0.29) is 36.3 Å². The number of carbonyl (C=O) groups excluding carboxylic acids is 4. The number of ether oxygens (including phenoxy) is 1. The van der Waals surface area contributed by atoms with Gasteiger partial charge in [-0.25, -0.2) is 4.79 Å². The summed E-state index contributed by atoms with van der Waals surface area (Å²) in [5.41, 5.74) is -0.136. The summed E-state index contributed by atoms with van der Waals surface area (Å²) in [6, 6.07) is -0.902. The molecule has 1 aliphatic heterocycles. The molecule has 2 atom stereocenters. The van der Waals surface area contributed by atoms with Crippen LogP contribution in [0.2, 0.25) is 0 Å². The molecule has 1 N–H and O–H groups in total. The third-order valence-corrected chi connectivity index (χ3v) is 4.81. The molecular weight excluding hydrogens is 374 g/mol. The van der Waals surface area contributed by atoms with E-state index in [1.165, 1.54) is 4.90 Å². The Kier molecular flexibility index (Phi) is 8.85. The number of hydrogen-bond acceptors (Lipinski definition) is 5. The fraction of sp³-hybridized carbons (Fsp3) is 0.714. The van der Waals surface area contributed by atoms with Crippen LogP contribution in [0.5, 0.6) is 0 Å². The van der Waals surface area contributed by atoms with E-state index in [0.29, 0.717) is 24.9 Å². The van der Waals surface area contributed by atoms with Gasteiger partial charge in [-0.15, -0.1) is 0 Å².